The summed E-state index contributed by atoms with van der Waals surface area (Å²) in [4.78, 5) is 8.25. The summed E-state index contributed by atoms with van der Waals surface area (Å²) in [5.41, 5.74) is -0.893. The molecule has 0 radical (unpaired) electrons. The maximum absolute atomic E-state index is 11.5. The molecule has 0 saturated heterocycles. The van der Waals surface area contributed by atoms with E-state index in [1.807, 2.05) is 0 Å². The van der Waals surface area contributed by atoms with Gasteiger partial charge in [-0.25, -0.2) is 27.1 Å². The fourth-order valence-corrected chi connectivity index (χ4v) is 2.91. The fraction of sp³-hybridized carbons (Fsp3) is 0.333. The molecule has 0 saturated carbocycles. The molecule has 1 aromatic carbocycles. The Morgan fingerprint density at radius 2 is 1.67 bits per heavy atom. The third kappa shape index (κ3) is 4.10. The molecule has 1 rings (SSSR count). The molecule has 0 fully saturated rings. The Morgan fingerprint density at radius 3 is 2.05 bits per heavy atom. The minimum absolute atomic E-state index is 0.0639. The summed E-state index contributed by atoms with van der Waals surface area (Å²) in [7, 11) is -8.87. The normalized spacial score (nSPS) is 12.1. The highest BCUT2D eigenvalue weighted by Crippen LogP contribution is 2.33. The SMILES string of the molecule is CCCOc1cc([N+](=O)[O-])c(S(N)(=O)=O)cc1S(N)(=O)=O. The quantitative estimate of drug-likeness (QED) is 0.527. The van der Waals surface area contributed by atoms with Gasteiger partial charge in [0, 0.05) is 0 Å². The summed E-state index contributed by atoms with van der Waals surface area (Å²) in [5, 5.41) is 20.7. The van der Waals surface area contributed by atoms with Crippen LogP contribution < -0.4 is 15.0 Å². The molecule has 0 spiro atoms. The third-order valence-electron chi connectivity index (χ3n) is 2.30. The van der Waals surface area contributed by atoms with Crippen molar-refractivity contribution in [3.8, 4) is 5.75 Å². The lowest BCUT2D eigenvalue weighted by molar-refractivity contribution is -0.388. The van der Waals surface area contributed by atoms with Crippen molar-refractivity contribution in [2.75, 3.05) is 6.61 Å². The minimum Gasteiger partial charge on any atom is -0.492 e. The maximum Gasteiger partial charge on any atom is 0.293 e. The van der Waals surface area contributed by atoms with Crippen LogP contribution in [0.15, 0.2) is 21.9 Å². The second-order valence-electron chi connectivity index (χ2n) is 3.96. The fourth-order valence-electron chi connectivity index (χ4n) is 1.45. The number of ether oxygens (including phenoxy) is 1. The van der Waals surface area contributed by atoms with E-state index in [1.165, 1.54) is 0 Å². The van der Waals surface area contributed by atoms with Gasteiger partial charge >= 0.3 is 0 Å². The van der Waals surface area contributed by atoms with Gasteiger partial charge in [0.15, 0.2) is 4.90 Å². The molecule has 0 amide bonds. The predicted octanol–water partition coefficient (Wildman–Crippen LogP) is -0.322. The summed E-state index contributed by atoms with van der Waals surface area (Å²) in [6.45, 7) is 1.79. The van der Waals surface area contributed by atoms with E-state index < -0.39 is 46.2 Å². The Bertz CT molecular complexity index is 771. The Kier molecular flexibility index (Phi) is 4.88. The topological polar surface area (TPSA) is 173 Å². The molecular weight excluding hydrogens is 326 g/mol. The molecule has 0 atom stereocenters. The highest BCUT2D eigenvalue weighted by Gasteiger charge is 2.29. The van der Waals surface area contributed by atoms with Gasteiger partial charge in [0.05, 0.1) is 17.6 Å². The van der Waals surface area contributed by atoms with E-state index in [4.69, 9.17) is 15.0 Å². The van der Waals surface area contributed by atoms with Crippen LogP contribution >= 0.6 is 0 Å². The largest absolute Gasteiger partial charge is 0.492 e. The van der Waals surface area contributed by atoms with E-state index in [-0.39, 0.29) is 6.61 Å². The summed E-state index contributed by atoms with van der Waals surface area (Å²) in [5.74, 6) is -0.404. The summed E-state index contributed by atoms with van der Waals surface area (Å²) in [6, 6.07) is 1.20. The lowest BCUT2D eigenvalue weighted by atomic mass is 10.3. The van der Waals surface area contributed by atoms with Gasteiger partial charge < -0.3 is 4.74 Å². The zero-order valence-corrected chi connectivity index (χ0v) is 12.5. The van der Waals surface area contributed by atoms with Gasteiger partial charge in [0.1, 0.15) is 10.6 Å². The second kappa shape index (κ2) is 5.93. The van der Waals surface area contributed by atoms with Gasteiger partial charge in [-0.15, -0.1) is 0 Å². The zero-order chi connectivity index (χ0) is 16.4. The van der Waals surface area contributed by atoms with Crippen LogP contribution in [0, 0.1) is 10.1 Å². The van der Waals surface area contributed by atoms with Gasteiger partial charge in [0.25, 0.3) is 5.69 Å². The van der Waals surface area contributed by atoms with E-state index in [1.54, 1.807) is 6.92 Å². The van der Waals surface area contributed by atoms with Crippen LogP contribution in [0.3, 0.4) is 0 Å². The van der Waals surface area contributed by atoms with Crippen LogP contribution in [-0.2, 0) is 20.0 Å². The number of nitrogens with two attached hydrogens (primary N) is 2. The molecule has 10 nitrogen and oxygen atoms in total. The molecule has 1 aromatic rings. The number of nitro groups is 1. The molecule has 118 valence electrons. The molecule has 4 N–H and O–H groups in total. The first-order chi connectivity index (χ1) is 9.48. The first-order valence-corrected chi connectivity index (χ1v) is 8.58. The van der Waals surface area contributed by atoms with E-state index in [0.29, 0.717) is 18.6 Å². The van der Waals surface area contributed by atoms with Crippen molar-refractivity contribution < 1.29 is 26.5 Å². The monoisotopic (exact) mass is 339 g/mol. The van der Waals surface area contributed by atoms with E-state index in [2.05, 4.69) is 0 Å². The molecule has 12 heteroatoms. The number of primary sulfonamides is 2. The number of benzene rings is 1. The highest BCUT2D eigenvalue weighted by molar-refractivity contribution is 7.90. The molecular formula is C9H13N3O7S2. The maximum atomic E-state index is 11.5. The lowest BCUT2D eigenvalue weighted by Gasteiger charge is -2.11. The third-order valence-corrected chi connectivity index (χ3v) is 4.17. The number of hydrogen-bond donors (Lipinski definition) is 2. The molecule has 0 heterocycles. The standard InChI is InChI=1S/C9H13N3O7S2/c1-2-3-19-7-4-6(12(13)14)8(20(10,15)16)5-9(7)21(11,17)18/h4-5H,2-3H2,1H3,(H2,10,15,16)(H2,11,17,18). The summed E-state index contributed by atoms with van der Waals surface area (Å²) in [6.07, 6.45) is 0.495. The van der Waals surface area contributed by atoms with Crippen LogP contribution in [-0.4, -0.2) is 28.4 Å². The Hall–Kier alpha value is -1.76. The number of rotatable bonds is 6. The Morgan fingerprint density at radius 1 is 1.14 bits per heavy atom. The van der Waals surface area contributed by atoms with E-state index in [0.717, 1.165) is 0 Å². The van der Waals surface area contributed by atoms with Gasteiger partial charge in [-0.1, -0.05) is 6.92 Å². The summed E-state index contributed by atoms with van der Waals surface area (Å²) < 4.78 is 50.7. The number of nitro benzene ring substituents is 1. The van der Waals surface area contributed by atoms with Gasteiger partial charge in [0.2, 0.25) is 20.0 Å². The van der Waals surface area contributed by atoms with Crippen LogP contribution in [0.5, 0.6) is 5.75 Å². The molecule has 0 aliphatic carbocycles. The molecule has 0 bridgehead atoms. The summed E-state index contributed by atoms with van der Waals surface area (Å²) >= 11 is 0. The van der Waals surface area contributed by atoms with Gasteiger partial charge in [-0.2, -0.15) is 0 Å². The van der Waals surface area contributed by atoms with Crippen molar-refractivity contribution in [2.24, 2.45) is 10.3 Å². The van der Waals surface area contributed by atoms with Crippen molar-refractivity contribution in [1.82, 2.24) is 0 Å². The molecule has 0 unspecified atom stereocenters. The average molecular weight is 339 g/mol. The molecule has 0 aliphatic rings. The second-order valence-corrected chi connectivity index (χ2v) is 7.02. The van der Waals surface area contributed by atoms with Crippen molar-refractivity contribution in [2.45, 2.75) is 23.1 Å². The Balaban J connectivity index is 3.75. The Labute approximate surface area is 120 Å². The van der Waals surface area contributed by atoms with Crippen molar-refractivity contribution in [3.63, 3.8) is 0 Å². The van der Waals surface area contributed by atoms with Crippen molar-refractivity contribution >= 4 is 25.7 Å². The van der Waals surface area contributed by atoms with Gasteiger partial charge in [-0.05, 0) is 12.5 Å². The van der Waals surface area contributed by atoms with E-state index >= 15 is 0 Å². The lowest BCUT2D eigenvalue weighted by Crippen LogP contribution is -2.19. The van der Waals surface area contributed by atoms with Crippen LogP contribution in [0.4, 0.5) is 5.69 Å². The zero-order valence-electron chi connectivity index (χ0n) is 10.8. The number of sulfonamides is 2. The highest BCUT2D eigenvalue weighted by atomic mass is 32.2. The minimum atomic E-state index is -4.52. The van der Waals surface area contributed by atoms with Crippen molar-refractivity contribution in [3.05, 3.63) is 22.2 Å². The molecule has 0 aliphatic heterocycles. The first-order valence-electron chi connectivity index (χ1n) is 5.49. The number of nitrogens with zero attached hydrogens (tertiary/aromatic N) is 1. The smallest absolute Gasteiger partial charge is 0.293 e. The van der Waals surface area contributed by atoms with Crippen LogP contribution in [0.25, 0.3) is 0 Å². The average Bonchev–Trinajstić information content (AvgIpc) is 2.32. The van der Waals surface area contributed by atoms with Crippen molar-refractivity contribution in [1.29, 1.82) is 0 Å². The first kappa shape index (κ1) is 17.3. The van der Waals surface area contributed by atoms with Gasteiger partial charge in [-0.3, -0.25) is 10.1 Å². The molecule has 21 heavy (non-hydrogen) atoms. The van der Waals surface area contributed by atoms with Crippen LogP contribution in [0.2, 0.25) is 0 Å². The molecule has 0 aromatic heterocycles. The predicted molar refractivity (Wildman–Crippen MR) is 71.6 cm³/mol. The number of hydrogen-bond acceptors (Lipinski definition) is 7. The van der Waals surface area contributed by atoms with E-state index in [9.17, 15) is 26.9 Å². The van der Waals surface area contributed by atoms with Crippen LogP contribution in [0.1, 0.15) is 13.3 Å².